The molecule has 2 aromatic carbocycles. The van der Waals surface area contributed by atoms with E-state index < -0.39 is 5.41 Å². The Labute approximate surface area is 153 Å². The molecule has 136 valence electrons. The van der Waals surface area contributed by atoms with Crippen molar-refractivity contribution in [1.82, 2.24) is 10.6 Å². The van der Waals surface area contributed by atoms with E-state index in [2.05, 4.69) is 10.6 Å². The van der Waals surface area contributed by atoms with Crippen LogP contribution in [0.5, 0.6) is 5.75 Å². The molecule has 1 aliphatic carbocycles. The Bertz CT molecular complexity index is 770. The highest BCUT2D eigenvalue weighted by Crippen LogP contribution is 2.46. The quantitative estimate of drug-likeness (QED) is 0.717. The van der Waals surface area contributed by atoms with Crippen LogP contribution in [0.1, 0.15) is 24.0 Å². The zero-order valence-corrected chi connectivity index (χ0v) is 15.0. The molecule has 0 atom stereocenters. The highest BCUT2D eigenvalue weighted by molar-refractivity contribution is 6.07. The van der Waals surface area contributed by atoms with Gasteiger partial charge < -0.3 is 15.4 Å². The predicted octanol–water partition coefficient (Wildman–Crippen LogP) is 2.45. The summed E-state index contributed by atoms with van der Waals surface area (Å²) >= 11 is 0. The van der Waals surface area contributed by atoms with Gasteiger partial charge in [0.15, 0.2) is 0 Å². The first-order valence-corrected chi connectivity index (χ1v) is 8.87. The van der Waals surface area contributed by atoms with Crippen molar-refractivity contribution < 1.29 is 14.3 Å². The molecule has 0 aromatic heterocycles. The molecule has 26 heavy (non-hydrogen) atoms. The topological polar surface area (TPSA) is 67.4 Å². The lowest BCUT2D eigenvalue weighted by molar-refractivity contribution is -0.137. The maximum atomic E-state index is 12.5. The third kappa shape index (κ3) is 4.23. The maximum Gasteiger partial charge on any atom is 0.235 e. The van der Waals surface area contributed by atoms with Crippen LogP contribution in [0.3, 0.4) is 0 Å². The molecular weight excluding hydrogens is 328 g/mol. The summed E-state index contributed by atoms with van der Waals surface area (Å²) in [5.41, 5.74) is 1.22. The van der Waals surface area contributed by atoms with Gasteiger partial charge in [-0.05, 0) is 42.5 Å². The first kappa shape index (κ1) is 18.0. The minimum absolute atomic E-state index is 0.175. The fourth-order valence-corrected chi connectivity index (χ4v) is 2.95. The molecule has 2 aromatic rings. The number of nitrogens with one attached hydrogen (secondary N) is 2. The Morgan fingerprint density at radius 1 is 0.962 bits per heavy atom. The van der Waals surface area contributed by atoms with E-state index >= 15 is 0 Å². The number of benzene rings is 2. The molecule has 5 heteroatoms. The van der Waals surface area contributed by atoms with Crippen LogP contribution in [0.25, 0.3) is 0 Å². The molecule has 2 amide bonds. The van der Waals surface area contributed by atoms with Crippen LogP contribution in [0.2, 0.25) is 0 Å². The minimum atomic E-state index is -0.886. The van der Waals surface area contributed by atoms with E-state index in [0.717, 1.165) is 16.9 Å². The van der Waals surface area contributed by atoms with E-state index in [4.69, 9.17) is 4.74 Å². The molecule has 0 spiro atoms. The average Bonchev–Trinajstić information content (AvgIpc) is 3.49. The summed E-state index contributed by atoms with van der Waals surface area (Å²) in [5.74, 6) is 0.443. The van der Waals surface area contributed by atoms with Gasteiger partial charge >= 0.3 is 0 Å². The number of hydrogen-bond donors (Lipinski definition) is 2. The third-order valence-corrected chi connectivity index (χ3v) is 4.75. The molecule has 1 saturated carbocycles. The second-order valence-corrected chi connectivity index (χ2v) is 6.61. The molecular formula is C21H24N2O3. The summed E-state index contributed by atoms with van der Waals surface area (Å²) in [6.45, 7) is 0.943. The number of amides is 2. The Hall–Kier alpha value is -2.82. The molecule has 1 fully saturated rings. The van der Waals surface area contributed by atoms with Gasteiger partial charge in [0.1, 0.15) is 11.2 Å². The molecule has 0 heterocycles. The molecule has 1 aliphatic rings. The summed E-state index contributed by atoms with van der Waals surface area (Å²) in [6, 6.07) is 17.5. The molecule has 0 saturated heterocycles. The van der Waals surface area contributed by atoms with Gasteiger partial charge in [0.25, 0.3) is 0 Å². The van der Waals surface area contributed by atoms with Crippen LogP contribution in [-0.2, 0) is 22.6 Å². The van der Waals surface area contributed by atoms with E-state index in [-0.39, 0.29) is 11.8 Å². The summed E-state index contributed by atoms with van der Waals surface area (Å²) < 4.78 is 5.20. The van der Waals surface area contributed by atoms with Gasteiger partial charge in [0.2, 0.25) is 11.8 Å². The second-order valence-electron chi connectivity index (χ2n) is 6.61. The van der Waals surface area contributed by atoms with E-state index in [9.17, 15) is 9.59 Å². The molecule has 5 nitrogen and oxygen atoms in total. The van der Waals surface area contributed by atoms with Gasteiger partial charge in [0, 0.05) is 13.1 Å². The van der Waals surface area contributed by atoms with Crippen molar-refractivity contribution in [3.8, 4) is 5.75 Å². The van der Waals surface area contributed by atoms with Gasteiger partial charge in [-0.15, -0.1) is 0 Å². The number of ether oxygens (including phenoxy) is 1. The summed E-state index contributed by atoms with van der Waals surface area (Å²) in [7, 11) is 1.63. The van der Waals surface area contributed by atoms with Crippen molar-refractivity contribution in [3.63, 3.8) is 0 Å². The average molecular weight is 352 g/mol. The summed E-state index contributed by atoms with van der Waals surface area (Å²) in [4.78, 5) is 25.0. The van der Waals surface area contributed by atoms with Crippen molar-refractivity contribution in [3.05, 3.63) is 65.7 Å². The Balaban J connectivity index is 1.48. The fraction of sp³-hybridized carbons (Fsp3) is 0.333. The van der Waals surface area contributed by atoms with Crippen molar-refractivity contribution in [2.45, 2.75) is 25.8 Å². The zero-order chi connectivity index (χ0) is 18.4. The standard InChI is InChI=1S/C21H24N2O3/c1-26-18-9-5-8-16(14-18)10-13-22-19(24)21(11-12-21)20(25)23-15-17-6-3-2-4-7-17/h2-9,14H,10-13,15H2,1H3,(H,22,24)(H,23,25). The SMILES string of the molecule is COc1cccc(CCNC(=O)C2(C(=O)NCc3ccccc3)CC2)c1. The Kier molecular flexibility index (Phi) is 5.56. The van der Waals surface area contributed by atoms with E-state index in [1.165, 1.54) is 0 Å². The first-order valence-electron chi connectivity index (χ1n) is 8.87. The number of carbonyl (C=O) groups excluding carboxylic acids is 2. The number of carbonyl (C=O) groups is 2. The largest absolute Gasteiger partial charge is 0.497 e. The number of hydrogen-bond acceptors (Lipinski definition) is 3. The van der Waals surface area contributed by atoms with Crippen molar-refractivity contribution in [1.29, 1.82) is 0 Å². The van der Waals surface area contributed by atoms with Gasteiger partial charge in [-0.2, -0.15) is 0 Å². The molecule has 0 unspecified atom stereocenters. The van der Waals surface area contributed by atoms with E-state index in [0.29, 0.717) is 32.4 Å². The van der Waals surface area contributed by atoms with Crippen LogP contribution in [0.4, 0.5) is 0 Å². The molecule has 0 aliphatic heterocycles. The highest BCUT2D eigenvalue weighted by atomic mass is 16.5. The van der Waals surface area contributed by atoms with Crippen LogP contribution < -0.4 is 15.4 Å². The highest BCUT2D eigenvalue weighted by Gasteiger charge is 2.56. The molecule has 3 rings (SSSR count). The van der Waals surface area contributed by atoms with Gasteiger partial charge in [-0.25, -0.2) is 0 Å². The second kappa shape index (κ2) is 8.04. The fourth-order valence-electron chi connectivity index (χ4n) is 2.95. The van der Waals surface area contributed by atoms with E-state index in [1.54, 1.807) is 7.11 Å². The first-order chi connectivity index (χ1) is 12.6. The third-order valence-electron chi connectivity index (χ3n) is 4.75. The summed E-state index contributed by atoms with van der Waals surface area (Å²) in [6.07, 6.45) is 1.92. The summed E-state index contributed by atoms with van der Waals surface area (Å²) in [5, 5.41) is 5.80. The van der Waals surface area contributed by atoms with Crippen LogP contribution in [-0.4, -0.2) is 25.5 Å². The maximum absolute atomic E-state index is 12.5. The van der Waals surface area contributed by atoms with Gasteiger partial charge in [-0.1, -0.05) is 42.5 Å². The molecule has 0 bridgehead atoms. The number of rotatable bonds is 8. The van der Waals surface area contributed by atoms with Gasteiger partial charge in [0.05, 0.1) is 7.11 Å². The van der Waals surface area contributed by atoms with Crippen molar-refractivity contribution in [2.75, 3.05) is 13.7 Å². The van der Waals surface area contributed by atoms with Crippen LogP contribution in [0, 0.1) is 5.41 Å². The predicted molar refractivity (Wildman–Crippen MR) is 99.7 cm³/mol. The lowest BCUT2D eigenvalue weighted by Crippen LogP contribution is -2.43. The lowest BCUT2D eigenvalue weighted by Gasteiger charge is -2.15. The smallest absolute Gasteiger partial charge is 0.235 e. The Morgan fingerprint density at radius 2 is 1.65 bits per heavy atom. The lowest BCUT2D eigenvalue weighted by atomic mass is 10.0. The van der Waals surface area contributed by atoms with E-state index in [1.807, 2.05) is 54.6 Å². The monoisotopic (exact) mass is 352 g/mol. The van der Waals surface area contributed by atoms with Gasteiger partial charge in [-0.3, -0.25) is 9.59 Å². The Morgan fingerprint density at radius 3 is 2.35 bits per heavy atom. The van der Waals surface area contributed by atoms with Crippen LogP contribution in [0.15, 0.2) is 54.6 Å². The van der Waals surface area contributed by atoms with Crippen molar-refractivity contribution in [2.24, 2.45) is 5.41 Å². The zero-order valence-electron chi connectivity index (χ0n) is 15.0. The normalized spacial score (nSPS) is 14.3. The van der Waals surface area contributed by atoms with Crippen LogP contribution >= 0.6 is 0 Å². The van der Waals surface area contributed by atoms with Crippen molar-refractivity contribution >= 4 is 11.8 Å². The minimum Gasteiger partial charge on any atom is -0.497 e. The number of methoxy groups -OCH3 is 1. The molecule has 0 radical (unpaired) electrons. The molecule has 2 N–H and O–H groups in total.